The van der Waals surface area contributed by atoms with Gasteiger partial charge in [0.25, 0.3) is 0 Å². The van der Waals surface area contributed by atoms with Gasteiger partial charge >= 0.3 is 0 Å². The lowest BCUT2D eigenvalue weighted by atomic mass is 10.7. The Hall–Kier alpha value is -0.130. The SMILES string of the molecule is C=CCSS/C=C\CS(=O)(=O)CC=C. The zero-order chi connectivity index (χ0) is 10.9. The van der Waals surface area contributed by atoms with Crippen molar-refractivity contribution in [2.45, 2.75) is 0 Å². The largest absolute Gasteiger partial charge is 0.228 e. The standard InChI is InChI=1S/C9H14O2S3/c1-3-6-12-13-7-5-9-14(10,11)8-4-2/h3-5,7H,1-2,6,8-9H2/b7-5-. The highest BCUT2D eigenvalue weighted by molar-refractivity contribution is 8.77. The summed E-state index contributed by atoms with van der Waals surface area (Å²) < 4.78 is 22.3. The van der Waals surface area contributed by atoms with Crippen molar-refractivity contribution in [3.8, 4) is 0 Å². The molecule has 0 aromatic carbocycles. The third-order valence-corrected chi connectivity index (χ3v) is 4.53. The maximum atomic E-state index is 11.2. The Bertz CT molecular complexity index is 291. The van der Waals surface area contributed by atoms with Gasteiger partial charge in [-0.15, -0.1) is 13.2 Å². The van der Waals surface area contributed by atoms with Crippen molar-refractivity contribution in [3.63, 3.8) is 0 Å². The van der Waals surface area contributed by atoms with E-state index in [0.29, 0.717) is 0 Å². The lowest BCUT2D eigenvalue weighted by Gasteiger charge is -1.94. The minimum Gasteiger partial charge on any atom is -0.228 e. The lowest BCUT2D eigenvalue weighted by molar-refractivity contribution is 0.602. The second kappa shape index (κ2) is 8.20. The Kier molecular flexibility index (Phi) is 8.12. The van der Waals surface area contributed by atoms with E-state index in [0.717, 1.165) is 5.75 Å². The Morgan fingerprint density at radius 3 is 2.43 bits per heavy atom. The van der Waals surface area contributed by atoms with Crippen LogP contribution in [0, 0.1) is 0 Å². The normalized spacial score (nSPS) is 11.7. The van der Waals surface area contributed by atoms with Crippen LogP contribution in [0.1, 0.15) is 0 Å². The van der Waals surface area contributed by atoms with E-state index in [2.05, 4.69) is 13.2 Å². The van der Waals surface area contributed by atoms with Crippen LogP contribution >= 0.6 is 21.6 Å². The van der Waals surface area contributed by atoms with Gasteiger partial charge in [-0.1, -0.05) is 39.8 Å². The fraction of sp³-hybridized carbons (Fsp3) is 0.333. The van der Waals surface area contributed by atoms with E-state index in [1.165, 1.54) is 16.9 Å². The molecule has 0 heterocycles. The maximum absolute atomic E-state index is 11.2. The fourth-order valence-electron chi connectivity index (χ4n) is 0.599. The molecular formula is C9H14O2S3. The summed E-state index contributed by atoms with van der Waals surface area (Å²) in [6, 6.07) is 0. The molecule has 5 heteroatoms. The lowest BCUT2D eigenvalue weighted by Crippen LogP contribution is -2.06. The molecule has 0 fully saturated rings. The van der Waals surface area contributed by atoms with Gasteiger partial charge in [-0.3, -0.25) is 0 Å². The quantitative estimate of drug-likeness (QED) is 0.377. The summed E-state index contributed by atoms with van der Waals surface area (Å²) in [4.78, 5) is 0. The molecule has 0 saturated heterocycles. The molecular weight excluding hydrogens is 236 g/mol. The first-order chi connectivity index (χ1) is 6.62. The molecule has 0 bridgehead atoms. The molecule has 0 N–H and O–H groups in total. The summed E-state index contributed by atoms with van der Waals surface area (Å²) in [6.07, 6.45) is 4.86. The van der Waals surface area contributed by atoms with Crippen molar-refractivity contribution in [1.82, 2.24) is 0 Å². The predicted octanol–water partition coefficient (Wildman–Crippen LogP) is 2.67. The number of hydrogen-bond donors (Lipinski definition) is 0. The summed E-state index contributed by atoms with van der Waals surface area (Å²) in [6.45, 7) is 6.97. The molecule has 0 atom stereocenters. The summed E-state index contributed by atoms with van der Waals surface area (Å²) in [5.41, 5.74) is 0. The average molecular weight is 250 g/mol. The molecule has 0 aliphatic carbocycles. The van der Waals surface area contributed by atoms with Gasteiger partial charge in [-0.2, -0.15) is 0 Å². The van der Waals surface area contributed by atoms with Crippen LogP contribution in [0.4, 0.5) is 0 Å². The molecule has 0 saturated carbocycles. The summed E-state index contributed by atoms with van der Waals surface area (Å²) in [5.74, 6) is 0.983. The fourth-order valence-corrected chi connectivity index (χ4v) is 3.03. The molecule has 0 aliphatic rings. The van der Waals surface area contributed by atoms with Gasteiger partial charge < -0.3 is 0 Å². The van der Waals surface area contributed by atoms with Crippen LogP contribution < -0.4 is 0 Å². The Labute approximate surface area is 93.9 Å². The molecule has 0 rings (SSSR count). The summed E-state index contributed by atoms with van der Waals surface area (Å²) >= 11 is 0. The molecule has 0 aromatic heterocycles. The average Bonchev–Trinajstić information content (AvgIpc) is 2.11. The van der Waals surface area contributed by atoms with Gasteiger partial charge in [0, 0.05) is 5.75 Å². The molecule has 0 aromatic rings. The van der Waals surface area contributed by atoms with Crippen molar-refractivity contribution in [3.05, 3.63) is 36.8 Å². The Morgan fingerprint density at radius 2 is 1.86 bits per heavy atom. The molecule has 2 nitrogen and oxygen atoms in total. The van der Waals surface area contributed by atoms with Crippen LogP contribution in [0.25, 0.3) is 0 Å². The smallest absolute Gasteiger partial charge is 0.157 e. The maximum Gasteiger partial charge on any atom is 0.157 e. The van der Waals surface area contributed by atoms with Crippen molar-refractivity contribution >= 4 is 31.4 Å². The highest BCUT2D eigenvalue weighted by Crippen LogP contribution is 2.21. The predicted molar refractivity (Wildman–Crippen MR) is 68.2 cm³/mol. The summed E-state index contributed by atoms with van der Waals surface area (Å²) in [5, 5.41) is 1.79. The van der Waals surface area contributed by atoms with Crippen LogP contribution in [0.3, 0.4) is 0 Å². The summed E-state index contributed by atoms with van der Waals surface area (Å²) in [7, 11) is 0.153. The van der Waals surface area contributed by atoms with Crippen molar-refractivity contribution < 1.29 is 8.42 Å². The van der Waals surface area contributed by atoms with Gasteiger partial charge in [0.2, 0.25) is 0 Å². The number of rotatable bonds is 8. The van der Waals surface area contributed by atoms with E-state index in [-0.39, 0.29) is 11.5 Å². The zero-order valence-electron chi connectivity index (χ0n) is 7.89. The Morgan fingerprint density at radius 1 is 1.14 bits per heavy atom. The zero-order valence-corrected chi connectivity index (χ0v) is 10.3. The van der Waals surface area contributed by atoms with Gasteiger partial charge in [-0.25, -0.2) is 8.42 Å². The molecule has 14 heavy (non-hydrogen) atoms. The van der Waals surface area contributed by atoms with E-state index in [4.69, 9.17) is 0 Å². The van der Waals surface area contributed by atoms with Crippen LogP contribution in [0.5, 0.6) is 0 Å². The highest BCUT2D eigenvalue weighted by atomic mass is 33.1. The van der Waals surface area contributed by atoms with Gasteiger partial charge in [0.05, 0.1) is 11.5 Å². The Balaban J connectivity index is 3.70. The van der Waals surface area contributed by atoms with E-state index in [1.807, 2.05) is 0 Å². The van der Waals surface area contributed by atoms with Crippen molar-refractivity contribution in [2.75, 3.05) is 17.3 Å². The van der Waals surface area contributed by atoms with E-state index < -0.39 is 9.84 Å². The van der Waals surface area contributed by atoms with E-state index in [9.17, 15) is 8.42 Å². The number of sulfone groups is 1. The molecule has 0 aliphatic heterocycles. The first-order valence-electron chi connectivity index (χ1n) is 3.98. The van der Waals surface area contributed by atoms with Crippen molar-refractivity contribution in [1.29, 1.82) is 0 Å². The first-order valence-corrected chi connectivity index (χ1v) is 8.18. The highest BCUT2D eigenvalue weighted by Gasteiger charge is 2.03. The van der Waals surface area contributed by atoms with Crippen LogP contribution in [0.2, 0.25) is 0 Å². The van der Waals surface area contributed by atoms with Gasteiger partial charge in [0.15, 0.2) is 9.84 Å². The third kappa shape index (κ3) is 8.47. The van der Waals surface area contributed by atoms with Crippen LogP contribution in [-0.4, -0.2) is 25.7 Å². The molecule has 80 valence electrons. The van der Waals surface area contributed by atoms with Gasteiger partial charge in [0.1, 0.15) is 0 Å². The van der Waals surface area contributed by atoms with Gasteiger partial charge in [-0.05, 0) is 5.41 Å². The molecule has 0 radical (unpaired) electrons. The van der Waals surface area contributed by atoms with Crippen LogP contribution in [0.15, 0.2) is 36.8 Å². The second-order valence-electron chi connectivity index (χ2n) is 2.41. The molecule has 0 unspecified atom stereocenters. The minimum atomic E-state index is -2.97. The third-order valence-electron chi connectivity index (χ3n) is 1.13. The first kappa shape index (κ1) is 13.9. The van der Waals surface area contributed by atoms with Crippen LogP contribution in [-0.2, 0) is 9.84 Å². The molecule has 0 amide bonds. The second-order valence-corrected chi connectivity index (χ2v) is 6.88. The number of hydrogen-bond acceptors (Lipinski definition) is 4. The van der Waals surface area contributed by atoms with E-state index in [1.54, 1.807) is 28.4 Å². The molecule has 0 spiro atoms. The topological polar surface area (TPSA) is 34.1 Å². The monoisotopic (exact) mass is 250 g/mol. The minimum absolute atomic E-state index is 0.0435. The van der Waals surface area contributed by atoms with E-state index >= 15 is 0 Å². The van der Waals surface area contributed by atoms with Crippen molar-refractivity contribution in [2.24, 2.45) is 0 Å².